The third-order valence-corrected chi connectivity index (χ3v) is 6.40. The summed E-state index contributed by atoms with van der Waals surface area (Å²) in [6, 6.07) is 31.4. The molecule has 0 N–H and O–H groups in total. The summed E-state index contributed by atoms with van der Waals surface area (Å²) in [7, 11) is 0. The highest BCUT2D eigenvalue weighted by atomic mass is 14.4. The number of hydrogen-bond acceptors (Lipinski definition) is 0. The Kier molecular flexibility index (Phi) is 8.15. The van der Waals surface area contributed by atoms with E-state index in [9.17, 15) is 0 Å². The van der Waals surface area contributed by atoms with Crippen LogP contribution in [0.4, 0.5) is 0 Å². The highest BCUT2D eigenvalue weighted by molar-refractivity contribution is 6.10. The first-order valence-electron chi connectivity index (χ1n) is 13.0. The van der Waals surface area contributed by atoms with E-state index in [1.54, 1.807) is 0 Å². The van der Waals surface area contributed by atoms with Gasteiger partial charge >= 0.3 is 0 Å². The van der Waals surface area contributed by atoms with Gasteiger partial charge in [-0.3, -0.25) is 0 Å². The lowest BCUT2D eigenvalue weighted by atomic mass is 9.79. The molecule has 5 aromatic rings. The van der Waals surface area contributed by atoms with E-state index in [2.05, 4.69) is 113 Å². The minimum absolute atomic E-state index is 0.00331. The van der Waals surface area contributed by atoms with Gasteiger partial charge in [-0.05, 0) is 66.7 Å². The van der Waals surface area contributed by atoms with Crippen molar-refractivity contribution < 1.29 is 0 Å². The molecule has 1 aliphatic carbocycles. The zero-order valence-corrected chi connectivity index (χ0v) is 22.3. The number of hydrogen-bond donors (Lipinski definition) is 0. The average molecular weight is 449 g/mol. The molecule has 0 bridgehead atoms. The van der Waals surface area contributed by atoms with E-state index in [-0.39, 0.29) is 5.41 Å². The van der Waals surface area contributed by atoms with Gasteiger partial charge in [0.05, 0.1) is 0 Å². The minimum atomic E-state index is -0.00331. The third-order valence-electron chi connectivity index (χ3n) is 6.40. The Bertz CT molecular complexity index is 1400. The fourth-order valence-electron chi connectivity index (χ4n) is 5.10. The summed E-state index contributed by atoms with van der Waals surface area (Å²) >= 11 is 0. The zero-order valence-electron chi connectivity index (χ0n) is 22.3. The Balaban J connectivity index is 0.000000423. The summed E-state index contributed by atoms with van der Waals surface area (Å²) in [6.45, 7) is 17.0. The molecule has 0 amide bonds. The fraction of sp³-hybridized carbons (Fsp3) is 0.294. The fourth-order valence-corrected chi connectivity index (χ4v) is 5.10. The molecule has 6 rings (SSSR count). The lowest BCUT2D eigenvalue weighted by molar-refractivity contribution is 0.667. The molecule has 0 radical (unpaired) electrons. The smallest absolute Gasteiger partial charge is 0.0165 e. The van der Waals surface area contributed by atoms with Crippen molar-refractivity contribution in [3.8, 4) is 11.1 Å². The van der Waals surface area contributed by atoms with Crippen molar-refractivity contribution in [1.82, 2.24) is 0 Å². The lowest BCUT2D eigenvalue weighted by Crippen LogP contribution is -2.15. The highest BCUT2D eigenvalue weighted by Gasteiger charge is 2.37. The second kappa shape index (κ2) is 10.9. The maximum absolute atomic E-state index is 2.45. The van der Waals surface area contributed by atoms with Crippen LogP contribution in [0.2, 0.25) is 0 Å². The quantitative estimate of drug-likeness (QED) is 0.207. The van der Waals surface area contributed by atoms with Crippen LogP contribution in [0.1, 0.15) is 72.9 Å². The van der Waals surface area contributed by atoms with E-state index in [1.807, 2.05) is 27.7 Å². The Morgan fingerprint density at radius 2 is 1.03 bits per heavy atom. The Labute approximate surface area is 206 Å². The van der Waals surface area contributed by atoms with E-state index >= 15 is 0 Å². The minimum Gasteiger partial charge on any atom is -0.0683 e. The van der Waals surface area contributed by atoms with Gasteiger partial charge in [0.25, 0.3) is 0 Å². The number of fused-ring (bicyclic) bond motifs is 8. The molecular formula is C34H40. The molecule has 1 aliphatic rings. The van der Waals surface area contributed by atoms with Crippen molar-refractivity contribution >= 4 is 32.3 Å². The molecule has 0 saturated carbocycles. The summed E-state index contributed by atoms with van der Waals surface area (Å²) in [5.74, 6) is 0. The molecule has 0 heterocycles. The predicted octanol–water partition coefficient (Wildman–Crippen LogP) is 10.9. The van der Waals surface area contributed by atoms with Crippen LogP contribution < -0.4 is 0 Å². The molecule has 0 heteroatoms. The van der Waals surface area contributed by atoms with Crippen LogP contribution >= 0.6 is 0 Å². The molecule has 0 nitrogen and oxygen atoms in total. The van der Waals surface area contributed by atoms with Gasteiger partial charge in [-0.2, -0.15) is 0 Å². The molecule has 0 fully saturated rings. The molecule has 0 aliphatic heterocycles. The van der Waals surface area contributed by atoms with Crippen LogP contribution in [0.15, 0.2) is 84.9 Å². The van der Waals surface area contributed by atoms with Gasteiger partial charge in [0.15, 0.2) is 0 Å². The van der Waals surface area contributed by atoms with Crippen LogP contribution in [0.25, 0.3) is 43.4 Å². The normalized spacial score (nSPS) is 12.5. The van der Waals surface area contributed by atoms with Crippen LogP contribution in [0.5, 0.6) is 0 Å². The van der Waals surface area contributed by atoms with Gasteiger partial charge in [0, 0.05) is 5.41 Å². The van der Waals surface area contributed by atoms with Gasteiger partial charge in [-0.1, -0.05) is 135 Å². The largest absolute Gasteiger partial charge is 0.0683 e. The lowest BCUT2D eigenvalue weighted by Gasteiger charge is -2.23. The summed E-state index contributed by atoms with van der Waals surface area (Å²) in [5.41, 5.74) is 5.69. The van der Waals surface area contributed by atoms with Gasteiger partial charge in [-0.25, -0.2) is 0 Å². The standard InChI is InChI=1S/C27H20.C3H8.2C2H6/c1-27(2)25-16-23-19(12-11-17-7-3-5-9-20(17)23)15-24(25)22-14-13-18-8-4-6-10-21(18)26(22)27;1-3-2;2*1-2/h3-16H,1-2H3;3H2,1-2H3;2*1-2H3. The second-order valence-corrected chi connectivity index (χ2v) is 8.95. The van der Waals surface area contributed by atoms with Crippen LogP contribution in [-0.2, 0) is 5.41 Å². The van der Waals surface area contributed by atoms with Gasteiger partial charge < -0.3 is 0 Å². The molecule has 0 atom stereocenters. The van der Waals surface area contributed by atoms with Crippen molar-refractivity contribution in [2.45, 2.75) is 67.2 Å². The number of benzene rings is 5. The van der Waals surface area contributed by atoms with Crippen molar-refractivity contribution in [2.75, 3.05) is 0 Å². The topological polar surface area (TPSA) is 0 Å². The van der Waals surface area contributed by atoms with E-state index < -0.39 is 0 Å². The van der Waals surface area contributed by atoms with Crippen molar-refractivity contribution in [1.29, 1.82) is 0 Å². The summed E-state index contributed by atoms with van der Waals surface area (Å²) in [6.07, 6.45) is 1.25. The first-order valence-corrected chi connectivity index (χ1v) is 13.0. The second-order valence-electron chi connectivity index (χ2n) is 8.95. The Morgan fingerprint density at radius 3 is 1.68 bits per heavy atom. The van der Waals surface area contributed by atoms with Gasteiger partial charge in [0.2, 0.25) is 0 Å². The predicted molar refractivity (Wildman–Crippen MR) is 155 cm³/mol. The highest BCUT2D eigenvalue weighted by Crippen LogP contribution is 2.52. The average Bonchev–Trinajstić information content (AvgIpc) is 3.12. The van der Waals surface area contributed by atoms with Crippen molar-refractivity contribution in [3.63, 3.8) is 0 Å². The van der Waals surface area contributed by atoms with Crippen molar-refractivity contribution in [3.05, 3.63) is 96.1 Å². The van der Waals surface area contributed by atoms with Crippen LogP contribution in [-0.4, -0.2) is 0 Å². The van der Waals surface area contributed by atoms with E-state index in [0.717, 1.165) is 0 Å². The van der Waals surface area contributed by atoms with E-state index in [1.165, 1.54) is 61.0 Å². The first-order chi connectivity index (χ1) is 16.6. The van der Waals surface area contributed by atoms with Crippen LogP contribution in [0, 0.1) is 0 Å². The maximum atomic E-state index is 2.45. The molecular weight excluding hydrogens is 408 g/mol. The Hall–Kier alpha value is -3.12. The molecule has 176 valence electrons. The van der Waals surface area contributed by atoms with Gasteiger partial charge in [0.1, 0.15) is 0 Å². The Morgan fingerprint density at radius 1 is 0.529 bits per heavy atom. The summed E-state index contributed by atoms with van der Waals surface area (Å²) < 4.78 is 0. The van der Waals surface area contributed by atoms with Crippen LogP contribution in [0.3, 0.4) is 0 Å². The molecule has 0 saturated heterocycles. The zero-order chi connectivity index (χ0) is 24.9. The molecule has 0 spiro atoms. The van der Waals surface area contributed by atoms with Gasteiger partial charge in [-0.15, -0.1) is 0 Å². The van der Waals surface area contributed by atoms with E-state index in [0.29, 0.717) is 0 Å². The SMILES string of the molecule is CC.CC.CC1(C)c2cc3c(ccc4ccccc43)cc2-c2ccc3ccccc3c21.CCC. The van der Waals surface area contributed by atoms with E-state index in [4.69, 9.17) is 0 Å². The first kappa shape index (κ1) is 25.5. The molecule has 34 heavy (non-hydrogen) atoms. The monoisotopic (exact) mass is 448 g/mol. The van der Waals surface area contributed by atoms with Crippen molar-refractivity contribution in [2.24, 2.45) is 0 Å². The molecule has 0 unspecified atom stereocenters. The maximum Gasteiger partial charge on any atom is 0.0165 e. The number of rotatable bonds is 0. The molecule has 5 aromatic carbocycles. The summed E-state index contributed by atoms with van der Waals surface area (Å²) in [4.78, 5) is 0. The summed E-state index contributed by atoms with van der Waals surface area (Å²) in [5, 5.41) is 8.04. The molecule has 0 aromatic heterocycles. The third kappa shape index (κ3) is 4.23.